The number of hydrogen-bond donors (Lipinski definition) is 4. The van der Waals surface area contributed by atoms with Gasteiger partial charge in [0.05, 0.1) is 12.3 Å². The van der Waals surface area contributed by atoms with E-state index in [0.717, 1.165) is 10.8 Å². The number of ether oxygens (including phenoxy) is 1. The zero-order chi connectivity index (χ0) is 24.8. The predicted molar refractivity (Wildman–Crippen MR) is 94.7 cm³/mol. The van der Waals surface area contributed by atoms with Crippen LogP contribution in [0.2, 0.25) is 0 Å². The van der Waals surface area contributed by atoms with Crippen molar-refractivity contribution in [3.8, 4) is 6.07 Å². The number of fused-ring (bicyclic) bond motifs is 1. The molecule has 1 aliphatic rings. The molecule has 2 aromatic rings. The van der Waals surface area contributed by atoms with Crippen molar-refractivity contribution < 1.29 is 150 Å². The van der Waals surface area contributed by atoms with E-state index in [0.29, 0.717) is 0 Å². The summed E-state index contributed by atoms with van der Waals surface area (Å²) in [6.45, 7) is -1.20. The van der Waals surface area contributed by atoms with Crippen LogP contribution in [0, 0.1) is 11.3 Å². The number of nitrogens with two attached hydrogens (primary N) is 1. The minimum Gasteiger partial charge on any atom is -0.756 e. The van der Waals surface area contributed by atoms with Gasteiger partial charge in [0.2, 0.25) is 5.60 Å². The van der Waals surface area contributed by atoms with Gasteiger partial charge in [0.25, 0.3) is 23.5 Å². The number of anilines is 1. The van der Waals surface area contributed by atoms with Crippen molar-refractivity contribution >= 4 is 34.8 Å². The molecule has 182 valence electrons. The summed E-state index contributed by atoms with van der Waals surface area (Å²) in [5, 5.41) is 34.4. The summed E-state index contributed by atoms with van der Waals surface area (Å²) in [5.74, 6) is 0.0106. The average molecular weight is 597 g/mol. The summed E-state index contributed by atoms with van der Waals surface area (Å²) in [5.41, 5.74) is 3.50. The van der Waals surface area contributed by atoms with Crippen LogP contribution in [0.15, 0.2) is 18.5 Å². The van der Waals surface area contributed by atoms with Gasteiger partial charge in [0.1, 0.15) is 36.2 Å². The number of rotatable bonds is 8. The molecule has 7 atom stereocenters. The maximum atomic E-state index is 11.7. The molecule has 0 aliphatic carbocycles. The number of nitriles is 1. The minimum atomic E-state index is -6.14. The van der Waals surface area contributed by atoms with Crippen LogP contribution in [0.5, 0.6) is 0 Å². The van der Waals surface area contributed by atoms with Crippen molar-refractivity contribution in [1.29, 1.82) is 5.26 Å². The molecule has 36 heavy (non-hydrogen) atoms. The SMILES string of the molecule is N#CC1(c2ccc3c(N)ncnn23)OC(COP(=O)([O-])OP(=O)([O-])OP(=O)([O-])O)C(O)C1O.[Na+].[Na+].[Na+]. The average Bonchev–Trinajstić information content (AvgIpc) is 3.20. The number of phosphoric acid groups is 3. The third kappa shape index (κ3) is 8.35. The molecular formula is C12H13N5Na3O13P3. The molecule has 24 heteroatoms. The maximum absolute atomic E-state index is 11.7. The molecule has 0 spiro atoms. The summed E-state index contributed by atoms with van der Waals surface area (Å²) in [6, 6.07) is 4.34. The summed E-state index contributed by atoms with van der Waals surface area (Å²) < 4.78 is 50.7. The zero-order valence-electron chi connectivity index (χ0n) is 18.8. The second-order valence-electron chi connectivity index (χ2n) is 6.42. The molecule has 0 aromatic carbocycles. The number of aliphatic hydroxyl groups excluding tert-OH is 2. The Labute approximate surface area is 268 Å². The van der Waals surface area contributed by atoms with Gasteiger partial charge in [-0.25, -0.2) is 18.1 Å². The Morgan fingerprint density at radius 3 is 2.33 bits per heavy atom. The van der Waals surface area contributed by atoms with Crippen molar-refractivity contribution in [2.24, 2.45) is 0 Å². The first kappa shape index (κ1) is 37.2. The summed E-state index contributed by atoms with van der Waals surface area (Å²) in [6.07, 6.45) is -4.63. The van der Waals surface area contributed by atoms with E-state index in [1.165, 1.54) is 12.1 Å². The van der Waals surface area contributed by atoms with Gasteiger partial charge in [0.15, 0.2) is 5.82 Å². The van der Waals surface area contributed by atoms with Crippen LogP contribution in [-0.2, 0) is 37.2 Å². The molecule has 1 fully saturated rings. The molecule has 5 N–H and O–H groups in total. The van der Waals surface area contributed by atoms with E-state index in [2.05, 4.69) is 23.2 Å². The molecule has 2 aromatic heterocycles. The Bertz CT molecular complexity index is 1260. The Balaban J connectivity index is 0.00000408. The maximum Gasteiger partial charge on any atom is 1.00 e. The van der Waals surface area contributed by atoms with Crippen LogP contribution in [0.3, 0.4) is 0 Å². The molecule has 0 radical (unpaired) electrons. The minimum absolute atomic E-state index is 0. The van der Waals surface area contributed by atoms with Gasteiger partial charge in [-0.2, -0.15) is 10.4 Å². The number of aromatic nitrogens is 3. The van der Waals surface area contributed by atoms with Crippen LogP contribution in [0.4, 0.5) is 5.82 Å². The van der Waals surface area contributed by atoms with Crippen molar-refractivity contribution in [1.82, 2.24) is 14.6 Å². The van der Waals surface area contributed by atoms with Gasteiger partial charge in [0, 0.05) is 0 Å². The molecule has 0 saturated carbocycles. The Kier molecular flexibility index (Phi) is 14.2. The van der Waals surface area contributed by atoms with Gasteiger partial charge in [-0.05, 0) is 12.1 Å². The number of hydrogen-bond acceptors (Lipinski definition) is 16. The Hall–Kier alpha value is 1.20. The molecule has 18 nitrogen and oxygen atoms in total. The fourth-order valence-electron chi connectivity index (χ4n) is 3.00. The topological polar surface area (TPSA) is 298 Å². The van der Waals surface area contributed by atoms with Crippen molar-refractivity contribution in [3.63, 3.8) is 0 Å². The van der Waals surface area contributed by atoms with Gasteiger partial charge < -0.3 is 44.8 Å². The van der Waals surface area contributed by atoms with Crippen molar-refractivity contribution in [3.05, 3.63) is 24.2 Å². The number of aliphatic hydroxyl groups is 2. The van der Waals surface area contributed by atoms with E-state index in [-0.39, 0.29) is 106 Å². The predicted octanol–water partition coefficient (Wildman–Crippen LogP) is -12.4. The quantitative estimate of drug-likeness (QED) is 0.162. The Morgan fingerprint density at radius 2 is 1.78 bits per heavy atom. The second kappa shape index (κ2) is 13.7. The molecular weight excluding hydrogens is 584 g/mol. The largest absolute Gasteiger partial charge is 1.00 e. The third-order valence-corrected chi connectivity index (χ3v) is 7.98. The summed E-state index contributed by atoms with van der Waals surface area (Å²) >= 11 is 0. The number of nitrogen functional groups attached to an aromatic ring is 1. The molecule has 0 amide bonds. The molecule has 0 bridgehead atoms. The molecule has 1 aliphatic heterocycles. The van der Waals surface area contributed by atoms with Crippen LogP contribution < -0.4 is 109 Å². The van der Waals surface area contributed by atoms with Gasteiger partial charge in [-0.1, -0.05) is 0 Å². The van der Waals surface area contributed by atoms with Crippen LogP contribution in [0.1, 0.15) is 5.69 Å². The van der Waals surface area contributed by atoms with E-state index in [9.17, 15) is 43.9 Å². The zero-order valence-corrected chi connectivity index (χ0v) is 27.5. The number of phosphoric ester groups is 1. The van der Waals surface area contributed by atoms with Gasteiger partial charge in [-0.15, -0.1) is 0 Å². The first-order valence-corrected chi connectivity index (χ1v) is 12.8. The van der Waals surface area contributed by atoms with E-state index in [4.69, 9.17) is 15.4 Å². The van der Waals surface area contributed by atoms with Crippen LogP contribution >= 0.6 is 23.5 Å². The standard InChI is InChI=1S/C12H16N5O13P3.3Na/c13-4-12(8-2-1-6-11(14)15-5-16-17(6)8)10(19)9(18)7(28-12)3-27-32(23,24)30-33(25,26)29-31(20,21)22;;;/h1-2,5,7,9-10,18-19H,3H2,(H,23,24)(H,25,26)(H2,14,15,16)(H2,20,21,22);;;/q;3*+1/p-3. The van der Waals surface area contributed by atoms with Crippen LogP contribution in [-0.4, -0.2) is 54.6 Å². The van der Waals surface area contributed by atoms with E-state index >= 15 is 0 Å². The Morgan fingerprint density at radius 1 is 1.17 bits per heavy atom. The molecule has 3 rings (SSSR count). The molecule has 7 unspecified atom stereocenters. The smallest absolute Gasteiger partial charge is 0.756 e. The monoisotopic (exact) mass is 597 g/mol. The fraction of sp³-hybridized carbons (Fsp3) is 0.417. The number of nitrogens with zero attached hydrogens (tertiary/aromatic N) is 4. The molecule has 3 heterocycles. The second-order valence-corrected chi connectivity index (χ2v) is 10.7. The first-order chi connectivity index (χ1) is 15.1. The summed E-state index contributed by atoms with van der Waals surface area (Å²) in [7, 11) is -17.9. The van der Waals surface area contributed by atoms with Gasteiger partial charge >= 0.3 is 88.7 Å². The van der Waals surface area contributed by atoms with Gasteiger partial charge in [-0.3, -0.25) is 13.7 Å². The first-order valence-electron chi connectivity index (χ1n) is 8.38. The third-order valence-electron chi connectivity index (χ3n) is 4.29. The van der Waals surface area contributed by atoms with E-state index < -0.39 is 54.0 Å². The molecule has 1 saturated heterocycles. The van der Waals surface area contributed by atoms with E-state index in [1.54, 1.807) is 6.07 Å². The van der Waals surface area contributed by atoms with Crippen molar-refractivity contribution in [2.75, 3.05) is 12.3 Å². The normalized spacial score (nSPS) is 28.3. The summed E-state index contributed by atoms with van der Waals surface area (Å²) in [4.78, 5) is 45.5. The fourth-order valence-corrected chi connectivity index (χ4v) is 5.90. The van der Waals surface area contributed by atoms with E-state index in [1.807, 2.05) is 0 Å². The van der Waals surface area contributed by atoms with Crippen molar-refractivity contribution in [2.45, 2.75) is 23.9 Å². The van der Waals surface area contributed by atoms with Crippen LogP contribution in [0.25, 0.3) is 5.52 Å².